The molecule has 0 spiro atoms. The van der Waals surface area contributed by atoms with Crippen molar-refractivity contribution < 1.29 is 24.0 Å². The number of para-hydroxylation sites is 1. The maximum absolute atomic E-state index is 12.3. The molecule has 38 heavy (non-hydrogen) atoms. The number of benzene rings is 2. The summed E-state index contributed by atoms with van der Waals surface area (Å²) in [5.41, 5.74) is 7.34. The molecule has 0 saturated heterocycles. The van der Waals surface area contributed by atoms with Gasteiger partial charge in [0.05, 0.1) is 19.5 Å². The zero-order valence-electron chi connectivity index (χ0n) is 21.4. The van der Waals surface area contributed by atoms with Crippen LogP contribution in [-0.2, 0) is 25.6 Å². The maximum Gasteiger partial charge on any atom is 0.323 e. The van der Waals surface area contributed by atoms with Gasteiger partial charge in [-0.3, -0.25) is 19.2 Å². The molecule has 0 bridgehead atoms. The second kappa shape index (κ2) is 13.2. The Balaban J connectivity index is 1.37. The predicted molar refractivity (Wildman–Crippen MR) is 143 cm³/mol. The fourth-order valence-electron chi connectivity index (χ4n) is 4.27. The van der Waals surface area contributed by atoms with Crippen molar-refractivity contribution in [1.29, 1.82) is 0 Å². The van der Waals surface area contributed by atoms with Crippen LogP contribution in [0.15, 0.2) is 48.5 Å². The highest BCUT2D eigenvalue weighted by Crippen LogP contribution is 2.27. The first kappa shape index (κ1) is 28.2. The molecule has 202 valence electrons. The van der Waals surface area contributed by atoms with Gasteiger partial charge < -0.3 is 32.3 Å². The van der Waals surface area contributed by atoms with E-state index in [-0.39, 0.29) is 31.4 Å². The normalized spacial score (nSPS) is 14.0. The van der Waals surface area contributed by atoms with Crippen LogP contribution < -0.4 is 32.3 Å². The number of hydrogen-bond donors (Lipinski definition) is 6. The highest BCUT2D eigenvalue weighted by Gasteiger charge is 2.39. The molecule has 7 N–H and O–H groups in total. The van der Waals surface area contributed by atoms with Gasteiger partial charge in [-0.2, -0.15) is 0 Å². The van der Waals surface area contributed by atoms with Gasteiger partial charge in [0.2, 0.25) is 23.6 Å². The number of carbonyl (C=O) groups is 5. The molecule has 1 saturated carbocycles. The van der Waals surface area contributed by atoms with Crippen molar-refractivity contribution in [2.75, 3.05) is 23.7 Å². The first-order valence-corrected chi connectivity index (χ1v) is 12.5. The second-order valence-electron chi connectivity index (χ2n) is 9.38. The number of hydrogen-bond acceptors (Lipinski definition) is 5. The predicted octanol–water partition coefficient (Wildman–Crippen LogP) is 1.72. The number of primary amides is 1. The minimum absolute atomic E-state index is 0.0323. The zero-order valence-corrected chi connectivity index (χ0v) is 21.4. The third kappa shape index (κ3) is 8.32. The van der Waals surface area contributed by atoms with Crippen LogP contribution in [0.1, 0.15) is 43.2 Å². The molecule has 1 aliphatic carbocycles. The number of nitrogens with two attached hydrogens (primary N) is 1. The van der Waals surface area contributed by atoms with Crippen LogP contribution in [0.5, 0.6) is 0 Å². The molecule has 11 heteroatoms. The molecule has 11 nitrogen and oxygen atoms in total. The van der Waals surface area contributed by atoms with Crippen molar-refractivity contribution in [2.45, 2.75) is 51.0 Å². The molecule has 1 aliphatic rings. The molecule has 0 aliphatic heterocycles. The van der Waals surface area contributed by atoms with E-state index in [0.29, 0.717) is 29.8 Å². The van der Waals surface area contributed by atoms with Gasteiger partial charge in [-0.1, -0.05) is 49.6 Å². The van der Waals surface area contributed by atoms with E-state index in [4.69, 9.17) is 5.73 Å². The number of urea groups is 1. The summed E-state index contributed by atoms with van der Waals surface area (Å²) >= 11 is 0. The number of carbonyl (C=O) groups excluding carboxylic acids is 5. The highest BCUT2D eigenvalue weighted by molar-refractivity contribution is 6.00. The van der Waals surface area contributed by atoms with Gasteiger partial charge in [0.25, 0.3) is 0 Å². The fraction of sp³-hybridized carbons (Fsp3) is 0.370. The first-order valence-electron chi connectivity index (χ1n) is 12.5. The van der Waals surface area contributed by atoms with Crippen LogP contribution in [0.3, 0.4) is 0 Å². The first-order chi connectivity index (χ1) is 18.2. The zero-order chi connectivity index (χ0) is 27.5. The van der Waals surface area contributed by atoms with Crippen molar-refractivity contribution in [3.05, 3.63) is 59.7 Å². The molecule has 2 aromatic carbocycles. The Morgan fingerprint density at radius 3 is 2.08 bits per heavy atom. The van der Waals surface area contributed by atoms with Gasteiger partial charge in [-0.25, -0.2) is 4.79 Å². The number of aryl methyl sites for hydroxylation is 1. The maximum atomic E-state index is 12.3. The Morgan fingerprint density at radius 2 is 1.42 bits per heavy atom. The van der Waals surface area contributed by atoms with Gasteiger partial charge in [-0.15, -0.1) is 0 Å². The number of nitrogens with one attached hydrogen (secondary N) is 5. The Hall–Kier alpha value is -4.41. The van der Waals surface area contributed by atoms with Crippen molar-refractivity contribution in [3.8, 4) is 0 Å². The van der Waals surface area contributed by atoms with Crippen LogP contribution in [-0.4, -0.2) is 48.3 Å². The average molecular weight is 523 g/mol. The molecule has 1 fully saturated rings. The molecule has 0 aromatic heterocycles. The van der Waals surface area contributed by atoms with E-state index >= 15 is 0 Å². The number of anilines is 2. The van der Waals surface area contributed by atoms with Crippen molar-refractivity contribution in [1.82, 2.24) is 16.0 Å². The number of amides is 6. The largest absolute Gasteiger partial charge is 0.368 e. The van der Waals surface area contributed by atoms with E-state index in [0.717, 1.165) is 24.8 Å². The second-order valence-corrected chi connectivity index (χ2v) is 9.38. The third-order valence-electron chi connectivity index (χ3n) is 6.42. The molecule has 6 amide bonds. The highest BCUT2D eigenvalue weighted by atomic mass is 16.2. The molecular formula is C27H34N6O5. The quantitative estimate of drug-likeness (QED) is 0.278. The Bertz CT molecular complexity index is 1170. The summed E-state index contributed by atoms with van der Waals surface area (Å²) in [6.45, 7) is 1.27. The summed E-state index contributed by atoms with van der Waals surface area (Å²) < 4.78 is 0. The van der Waals surface area contributed by atoms with E-state index in [1.54, 1.807) is 24.3 Å². The Labute approximate surface area is 221 Å². The molecule has 0 unspecified atom stereocenters. The molecule has 0 heterocycles. The van der Waals surface area contributed by atoms with Gasteiger partial charge in [-0.05, 0) is 49.1 Å². The molecule has 3 rings (SSSR count). The smallest absolute Gasteiger partial charge is 0.323 e. The van der Waals surface area contributed by atoms with Crippen molar-refractivity contribution in [2.24, 2.45) is 5.73 Å². The monoisotopic (exact) mass is 522 g/mol. The van der Waals surface area contributed by atoms with Gasteiger partial charge in [0, 0.05) is 11.4 Å². The van der Waals surface area contributed by atoms with Gasteiger partial charge >= 0.3 is 6.03 Å². The topological polar surface area (TPSA) is 172 Å². The van der Waals surface area contributed by atoms with E-state index in [1.807, 2.05) is 31.2 Å². The summed E-state index contributed by atoms with van der Waals surface area (Å²) in [6, 6.07) is 13.8. The van der Waals surface area contributed by atoms with Gasteiger partial charge in [0.15, 0.2) is 0 Å². The third-order valence-corrected chi connectivity index (χ3v) is 6.42. The van der Waals surface area contributed by atoms with Crippen LogP contribution >= 0.6 is 0 Å². The lowest BCUT2D eigenvalue weighted by molar-refractivity contribution is -0.133. The lowest BCUT2D eigenvalue weighted by Crippen LogP contribution is -2.60. The SMILES string of the molecule is Cc1ccccc1NC(=O)Nc1ccc(CC(=O)NCC(=O)NCC(=O)NC2(C(N)=O)CCCCC2)cc1. The minimum Gasteiger partial charge on any atom is -0.368 e. The standard InChI is InChI=1S/C27H34N6O5/c1-18-7-3-4-8-21(18)32-26(38)31-20-11-9-19(10-12-20)15-22(34)29-16-23(35)30-17-24(36)33-27(25(28)37)13-5-2-6-14-27/h3-4,7-12H,2,5-6,13-17H2,1H3,(H2,28,37)(H,29,34)(H,30,35)(H,33,36)(H2,31,32,38). The van der Waals surface area contributed by atoms with E-state index in [9.17, 15) is 24.0 Å². The Morgan fingerprint density at radius 1 is 0.789 bits per heavy atom. The lowest BCUT2D eigenvalue weighted by Gasteiger charge is -2.35. The summed E-state index contributed by atoms with van der Waals surface area (Å²) in [5, 5.41) is 13.1. The molecular weight excluding hydrogens is 488 g/mol. The van der Waals surface area contributed by atoms with Crippen LogP contribution in [0, 0.1) is 6.92 Å². The molecule has 0 atom stereocenters. The van der Waals surface area contributed by atoms with Crippen molar-refractivity contribution >= 4 is 41.0 Å². The van der Waals surface area contributed by atoms with Crippen LogP contribution in [0.4, 0.5) is 16.2 Å². The summed E-state index contributed by atoms with van der Waals surface area (Å²) in [4.78, 5) is 60.6. The van der Waals surface area contributed by atoms with Crippen molar-refractivity contribution in [3.63, 3.8) is 0 Å². The Kier molecular flexibility index (Phi) is 9.80. The summed E-state index contributed by atoms with van der Waals surface area (Å²) in [7, 11) is 0. The van der Waals surface area contributed by atoms with E-state index in [1.165, 1.54) is 0 Å². The lowest BCUT2D eigenvalue weighted by atomic mass is 9.81. The van der Waals surface area contributed by atoms with E-state index < -0.39 is 23.3 Å². The fourth-order valence-corrected chi connectivity index (χ4v) is 4.27. The summed E-state index contributed by atoms with van der Waals surface area (Å²) in [5.74, 6) is -1.99. The molecule has 2 aromatic rings. The van der Waals surface area contributed by atoms with E-state index in [2.05, 4.69) is 26.6 Å². The summed E-state index contributed by atoms with van der Waals surface area (Å²) in [6.07, 6.45) is 3.57. The average Bonchev–Trinajstić information content (AvgIpc) is 2.89. The number of rotatable bonds is 10. The van der Waals surface area contributed by atoms with Crippen LogP contribution in [0.25, 0.3) is 0 Å². The molecule has 0 radical (unpaired) electrons. The van der Waals surface area contributed by atoms with Gasteiger partial charge in [0.1, 0.15) is 5.54 Å². The minimum atomic E-state index is -1.07. The van der Waals surface area contributed by atoms with Crippen LogP contribution in [0.2, 0.25) is 0 Å².